The van der Waals surface area contributed by atoms with Gasteiger partial charge in [0.1, 0.15) is 6.61 Å². The average Bonchev–Trinajstić information content (AvgIpc) is 3.21. The molecule has 2 atom stereocenters. The number of ether oxygens (including phenoxy) is 1. The molecule has 1 aromatic carbocycles. The van der Waals surface area contributed by atoms with Gasteiger partial charge in [-0.3, -0.25) is 14.4 Å². The van der Waals surface area contributed by atoms with E-state index < -0.39 is 5.82 Å². The first-order valence-electron chi connectivity index (χ1n) is 10.7. The summed E-state index contributed by atoms with van der Waals surface area (Å²) in [6, 6.07) is 10.1. The molecule has 1 fully saturated rings. The maximum Gasteiger partial charge on any atom is 0.290 e. The first kappa shape index (κ1) is 26.3. The molecule has 3 N–H and O–H groups in total. The monoisotopic (exact) mass is 479 g/mol. The van der Waals surface area contributed by atoms with Gasteiger partial charge in [0, 0.05) is 24.0 Å². The van der Waals surface area contributed by atoms with E-state index in [4.69, 9.17) is 14.6 Å². The highest BCUT2D eigenvalue weighted by Crippen LogP contribution is 2.17. The maximum absolute atomic E-state index is 13.5. The zero-order chi connectivity index (χ0) is 24.1. The van der Waals surface area contributed by atoms with Crippen LogP contribution in [0.4, 0.5) is 4.39 Å². The number of nitrogens with zero attached hydrogens (tertiary/aromatic N) is 1. The number of benzene rings is 1. The van der Waals surface area contributed by atoms with Crippen LogP contribution in [0.25, 0.3) is 0 Å². The second-order valence-corrected chi connectivity index (χ2v) is 8.72. The van der Waals surface area contributed by atoms with E-state index >= 15 is 0 Å². The van der Waals surface area contributed by atoms with Crippen molar-refractivity contribution in [3.05, 3.63) is 52.5 Å². The number of hydrogen-bond acceptors (Lipinski definition) is 6. The van der Waals surface area contributed by atoms with Gasteiger partial charge in [-0.25, -0.2) is 4.39 Å². The lowest BCUT2D eigenvalue weighted by molar-refractivity contribution is -0.125. The number of nitrogens with one attached hydrogen (secondary N) is 2. The summed E-state index contributed by atoms with van der Waals surface area (Å²) in [6.07, 6.45) is 1.85. The summed E-state index contributed by atoms with van der Waals surface area (Å²) in [5, 5.41) is 14.8. The van der Waals surface area contributed by atoms with Gasteiger partial charge >= 0.3 is 0 Å². The Balaban J connectivity index is 0.00000122. The minimum Gasteiger partial charge on any atom is -0.489 e. The van der Waals surface area contributed by atoms with Crippen LogP contribution in [0, 0.1) is 11.7 Å². The Morgan fingerprint density at radius 3 is 2.70 bits per heavy atom. The minimum atomic E-state index is -0.415. The zero-order valence-electron chi connectivity index (χ0n) is 18.5. The van der Waals surface area contributed by atoms with Crippen molar-refractivity contribution < 1.29 is 28.6 Å². The number of hydrogen-bond donors (Lipinski definition) is 3. The normalized spacial score (nSPS) is 18.2. The number of thiophene rings is 1. The molecule has 0 spiro atoms. The molecule has 1 aromatic heterocycles. The molecule has 3 rings (SSSR count). The van der Waals surface area contributed by atoms with E-state index in [0.717, 1.165) is 17.8 Å². The third kappa shape index (κ3) is 9.58. The fourth-order valence-corrected chi connectivity index (χ4v) is 4.34. The molecule has 0 bridgehead atoms. The molecule has 1 aliphatic rings. The maximum atomic E-state index is 13.5. The van der Waals surface area contributed by atoms with Crippen LogP contribution in [0.3, 0.4) is 0 Å². The number of amides is 2. The summed E-state index contributed by atoms with van der Waals surface area (Å²) in [4.78, 5) is 36.3. The highest BCUT2D eigenvalue weighted by Gasteiger charge is 2.27. The lowest BCUT2D eigenvalue weighted by Crippen LogP contribution is -2.42. The molecule has 1 aliphatic heterocycles. The summed E-state index contributed by atoms with van der Waals surface area (Å²) >= 11 is 1.58. The number of likely N-dealkylation sites (tertiary alicyclic amines) is 1. The third-order valence-electron chi connectivity index (χ3n) is 5.07. The Morgan fingerprint density at radius 2 is 2.00 bits per heavy atom. The molecule has 2 aromatic rings. The first-order chi connectivity index (χ1) is 15.9. The fourth-order valence-electron chi connectivity index (χ4n) is 3.64. The van der Waals surface area contributed by atoms with Gasteiger partial charge in [-0.1, -0.05) is 18.2 Å². The van der Waals surface area contributed by atoms with Gasteiger partial charge in [0.2, 0.25) is 11.8 Å². The van der Waals surface area contributed by atoms with Gasteiger partial charge in [0.05, 0.1) is 18.9 Å². The molecule has 1 saturated heterocycles. The molecule has 33 heavy (non-hydrogen) atoms. The predicted molar refractivity (Wildman–Crippen MR) is 124 cm³/mol. The second-order valence-electron chi connectivity index (χ2n) is 7.69. The van der Waals surface area contributed by atoms with Crippen molar-refractivity contribution in [2.45, 2.75) is 25.3 Å². The van der Waals surface area contributed by atoms with E-state index in [0.29, 0.717) is 25.9 Å². The largest absolute Gasteiger partial charge is 0.489 e. The van der Waals surface area contributed by atoms with Gasteiger partial charge in [-0.05, 0) is 43.5 Å². The van der Waals surface area contributed by atoms with Crippen molar-refractivity contribution in [3.8, 4) is 5.75 Å². The van der Waals surface area contributed by atoms with Crippen LogP contribution in [-0.2, 0) is 20.8 Å². The average molecular weight is 480 g/mol. The molecule has 2 amide bonds. The molecule has 0 saturated carbocycles. The highest BCUT2D eigenvalue weighted by molar-refractivity contribution is 7.10. The Kier molecular flexibility index (Phi) is 11.3. The Labute approximate surface area is 196 Å². The minimum absolute atomic E-state index is 0.0176. The molecule has 10 heteroatoms. The zero-order valence-corrected chi connectivity index (χ0v) is 19.4. The van der Waals surface area contributed by atoms with Crippen LogP contribution in [0.2, 0.25) is 0 Å². The molecular weight excluding hydrogens is 449 g/mol. The number of carboxylic acid groups (broad SMARTS) is 1. The topological polar surface area (TPSA) is 108 Å². The number of carbonyl (C=O) groups excluding carboxylic acids is 2. The number of rotatable bonds is 8. The van der Waals surface area contributed by atoms with E-state index in [1.54, 1.807) is 29.5 Å². The van der Waals surface area contributed by atoms with Crippen molar-refractivity contribution in [1.29, 1.82) is 0 Å². The van der Waals surface area contributed by atoms with Crippen molar-refractivity contribution in [2.75, 3.05) is 33.3 Å². The molecule has 0 aliphatic carbocycles. The quantitative estimate of drug-likeness (QED) is 0.396. The lowest BCUT2D eigenvalue weighted by atomic mass is 10.0. The SMILES string of the molecule is CN1C[C@@H](NC(=O)Cc2cccs2)CC[C@@H](C(=O)NCCOc2ccccc2F)C1.O=CO. The molecule has 8 nitrogen and oxygen atoms in total. The second kappa shape index (κ2) is 14.2. The first-order valence-corrected chi connectivity index (χ1v) is 11.5. The lowest BCUT2D eigenvalue weighted by Gasteiger charge is -2.21. The van der Waals surface area contributed by atoms with Crippen LogP contribution in [-0.4, -0.2) is 67.6 Å². The Morgan fingerprint density at radius 1 is 1.24 bits per heavy atom. The van der Waals surface area contributed by atoms with Gasteiger partial charge < -0.3 is 25.4 Å². The Bertz CT molecular complexity index is 881. The van der Waals surface area contributed by atoms with E-state index in [1.807, 2.05) is 24.6 Å². The summed E-state index contributed by atoms with van der Waals surface area (Å²) < 4.78 is 18.9. The van der Waals surface area contributed by atoms with Crippen molar-refractivity contribution in [2.24, 2.45) is 5.92 Å². The van der Waals surface area contributed by atoms with Crippen LogP contribution >= 0.6 is 11.3 Å². The standard InChI is InChI=1S/C22H28FN3O3S.CH2O2/c1-26-14-16(22(28)24-10-11-29-20-7-3-2-6-19(20)23)8-9-17(15-26)25-21(27)13-18-5-4-12-30-18;2-1-3/h2-7,12,16-17H,8-11,13-15H2,1H3,(H,24,28)(H,25,27);1H,(H,2,3)/t16-,17+;/m1./s1. The van der Waals surface area contributed by atoms with E-state index in [9.17, 15) is 14.0 Å². The van der Waals surface area contributed by atoms with Crippen molar-refractivity contribution >= 4 is 29.6 Å². The number of carbonyl (C=O) groups is 3. The summed E-state index contributed by atoms with van der Waals surface area (Å²) in [7, 11) is 1.96. The smallest absolute Gasteiger partial charge is 0.290 e. The van der Waals surface area contributed by atoms with Crippen molar-refractivity contribution in [3.63, 3.8) is 0 Å². The van der Waals surface area contributed by atoms with E-state index in [1.165, 1.54) is 6.07 Å². The highest BCUT2D eigenvalue weighted by atomic mass is 32.1. The van der Waals surface area contributed by atoms with Gasteiger partial charge in [0.25, 0.3) is 6.47 Å². The number of para-hydroxylation sites is 1. The number of likely N-dealkylation sites (N-methyl/N-ethyl adjacent to an activating group) is 1. The van der Waals surface area contributed by atoms with Crippen LogP contribution in [0.15, 0.2) is 41.8 Å². The van der Waals surface area contributed by atoms with E-state index in [-0.39, 0.29) is 42.6 Å². The number of halogens is 1. The fraction of sp³-hybridized carbons (Fsp3) is 0.435. The molecule has 0 unspecified atom stereocenters. The summed E-state index contributed by atoms with van der Waals surface area (Å²) in [5.41, 5.74) is 0. The van der Waals surface area contributed by atoms with E-state index in [2.05, 4.69) is 15.5 Å². The summed E-state index contributed by atoms with van der Waals surface area (Å²) in [6.45, 7) is 1.62. The molecular formula is C23H30FN3O5S. The Hall–Kier alpha value is -2.98. The van der Waals surface area contributed by atoms with Crippen molar-refractivity contribution in [1.82, 2.24) is 15.5 Å². The van der Waals surface area contributed by atoms with Gasteiger partial charge in [0.15, 0.2) is 11.6 Å². The molecule has 2 heterocycles. The molecule has 180 valence electrons. The third-order valence-corrected chi connectivity index (χ3v) is 5.95. The van der Waals surface area contributed by atoms with Gasteiger partial charge in [-0.2, -0.15) is 0 Å². The predicted octanol–water partition coefficient (Wildman–Crippen LogP) is 2.15. The van der Waals surface area contributed by atoms with Crippen LogP contribution < -0.4 is 15.4 Å². The van der Waals surface area contributed by atoms with Gasteiger partial charge in [-0.15, -0.1) is 11.3 Å². The molecule has 0 radical (unpaired) electrons. The summed E-state index contributed by atoms with van der Waals surface area (Å²) in [5.74, 6) is -0.403. The van der Waals surface area contributed by atoms with Crippen LogP contribution in [0.1, 0.15) is 17.7 Å². The van der Waals surface area contributed by atoms with Crippen LogP contribution in [0.5, 0.6) is 5.75 Å².